The second-order valence-electron chi connectivity index (χ2n) is 5.64. The molecule has 6 nitrogen and oxygen atoms in total. The van der Waals surface area contributed by atoms with E-state index in [0.717, 1.165) is 22.5 Å². The number of benzene rings is 1. The molecule has 2 rings (SSSR count). The minimum atomic E-state index is 0. The number of likely N-dealkylation sites (N-methyl/N-ethyl adjacent to an activating group) is 1. The minimum absolute atomic E-state index is 0. The molecule has 1 aromatic carbocycles. The fourth-order valence-electron chi connectivity index (χ4n) is 2.07. The maximum absolute atomic E-state index is 5.87. The van der Waals surface area contributed by atoms with Gasteiger partial charge in [-0.25, -0.2) is 4.98 Å². The summed E-state index contributed by atoms with van der Waals surface area (Å²) < 4.78 is 5.72. The van der Waals surface area contributed by atoms with Gasteiger partial charge in [-0.3, -0.25) is 4.99 Å². The van der Waals surface area contributed by atoms with Crippen LogP contribution in [0.1, 0.15) is 5.69 Å². The number of aliphatic imine (C=N–C) groups is 1. The maximum Gasteiger partial charge on any atom is 0.193 e. The van der Waals surface area contributed by atoms with E-state index in [2.05, 4.69) is 20.7 Å². The van der Waals surface area contributed by atoms with E-state index in [1.54, 1.807) is 18.4 Å². The Kier molecular flexibility index (Phi) is 10.0. The van der Waals surface area contributed by atoms with Crippen molar-refractivity contribution in [1.82, 2.24) is 15.2 Å². The van der Waals surface area contributed by atoms with Crippen molar-refractivity contribution < 1.29 is 4.74 Å². The molecule has 0 aliphatic rings. The summed E-state index contributed by atoms with van der Waals surface area (Å²) in [6, 6.07) is 7.35. The number of rotatable bonds is 7. The smallest absolute Gasteiger partial charge is 0.193 e. The molecule has 1 heterocycles. The number of guanidine groups is 1. The van der Waals surface area contributed by atoms with Crippen molar-refractivity contribution in [2.75, 3.05) is 46.2 Å². The Morgan fingerprint density at radius 3 is 2.54 bits per heavy atom. The average Bonchev–Trinajstić information content (AvgIpc) is 3.06. The van der Waals surface area contributed by atoms with Crippen LogP contribution < -0.4 is 15.0 Å². The first-order valence-electron chi connectivity index (χ1n) is 7.91. The van der Waals surface area contributed by atoms with E-state index in [1.165, 1.54) is 0 Å². The van der Waals surface area contributed by atoms with Crippen molar-refractivity contribution in [3.05, 3.63) is 40.4 Å². The van der Waals surface area contributed by atoms with Gasteiger partial charge in [0.2, 0.25) is 0 Å². The minimum Gasteiger partial charge on any atom is -0.492 e. The standard InChI is InChI=1S/C17H24ClN5OS.HI/c1-19-16(20-11-14-12-25-17(21-14)22(2)3)23(4)9-10-24-15-7-5-13(18)6-8-15;/h5-8,12H,9-11H2,1-4H3,(H,19,20);1H. The molecule has 0 atom stereocenters. The Bertz CT molecular complexity index is 693. The van der Waals surface area contributed by atoms with Crippen molar-refractivity contribution in [3.8, 4) is 5.75 Å². The lowest BCUT2D eigenvalue weighted by molar-refractivity contribution is 0.281. The highest BCUT2D eigenvalue weighted by Crippen LogP contribution is 2.17. The molecule has 0 amide bonds. The van der Waals surface area contributed by atoms with Gasteiger partial charge in [0.15, 0.2) is 11.1 Å². The van der Waals surface area contributed by atoms with E-state index in [-0.39, 0.29) is 24.0 Å². The third kappa shape index (κ3) is 7.16. The zero-order valence-electron chi connectivity index (χ0n) is 15.4. The van der Waals surface area contributed by atoms with Crippen LogP contribution in [0.15, 0.2) is 34.6 Å². The molecule has 144 valence electrons. The predicted molar refractivity (Wildman–Crippen MR) is 122 cm³/mol. The number of nitrogens with one attached hydrogen (secondary N) is 1. The first-order chi connectivity index (χ1) is 12.0. The third-order valence-corrected chi connectivity index (χ3v) is 4.74. The summed E-state index contributed by atoms with van der Waals surface area (Å²) in [6.45, 7) is 1.90. The van der Waals surface area contributed by atoms with Crippen LogP contribution in [0.3, 0.4) is 0 Å². The van der Waals surface area contributed by atoms with Crippen LogP contribution in [0.25, 0.3) is 0 Å². The highest BCUT2D eigenvalue weighted by Gasteiger charge is 2.08. The van der Waals surface area contributed by atoms with Crippen LogP contribution in [0.2, 0.25) is 5.02 Å². The Morgan fingerprint density at radius 1 is 1.27 bits per heavy atom. The highest BCUT2D eigenvalue weighted by atomic mass is 127. The summed E-state index contributed by atoms with van der Waals surface area (Å²) in [5.41, 5.74) is 1.00. The number of thiazole rings is 1. The van der Waals surface area contributed by atoms with Crippen LogP contribution in [0.5, 0.6) is 5.75 Å². The van der Waals surface area contributed by atoms with Gasteiger partial charge in [-0.15, -0.1) is 35.3 Å². The first-order valence-corrected chi connectivity index (χ1v) is 9.17. The fourth-order valence-corrected chi connectivity index (χ4v) is 2.96. The average molecular weight is 510 g/mol. The monoisotopic (exact) mass is 509 g/mol. The Morgan fingerprint density at radius 2 is 1.96 bits per heavy atom. The summed E-state index contributed by atoms with van der Waals surface area (Å²) in [5.74, 6) is 1.61. The number of anilines is 1. The Balaban J connectivity index is 0.00000338. The summed E-state index contributed by atoms with van der Waals surface area (Å²) in [7, 11) is 7.73. The number of aromatic nitrogens is 1. The van der Waals surface area contributed by atoms with Crippen LogP contribution in [0, 0.1) is 0 Å². The number of nitrogens with zero attached hydrogens (tertiary/aromatic N) is 4. The normalized spacial score (nSPS) is 10.9. The summed E-state index contributed by atoms with van der Waals surface area (Å²) >= 11 is 7.50. The van der Waals surface area contributed by atoms with Gasteiger partial charge in [0.05, 0.1) is 18.8 Å². The molecule has 9 heteroatoms. The number of hydrogen-bond donors (Lipinski definition) is 1. The first kappa shape index (κ1) is 22.8. The molecule has 0 radical (unpaired) electrons. The molecule has 1 N–H and O–H groups in total. The van der Waals surface area contributed by atoms with Gasteiger partial charge >= 0.3 is 0 Å². The second kappa shape index (κ2) is 11.5. The van der Waals surface area contributed by atoms with E-state index < -0.39 is 0 Å². The molecule has 0 saturated carbocycles. The molecular weight excluding hydrogens is 485 g/mol. The molecule has 0 saturated heterocycles. The molecule has 0 aliphatic heterocycles. The van der Waals surface area contributed by atoms with Crippen LogP contribution in [-0.4, -0.2) is 57.2 Å². The zero-order chi connectivity index (χ0) is 18.2. The van der Waals surface area contributed by atoms with Crippen LogP contribution >= 0.6 is 46.9 Å². The van der Waals surface area contributed by atoms with Crippen molar-refractivity contribution in [2.24, 2.45) is 4.99 Å². The van der Waals surface area contributed by atoms with Crippen molar-refractivity contribution in [1.29, 1.82) is 0 Å². The molecular formula is C17H25ClIN5OS. The van der Waals surface area contributed by atoms with Gasteiger partial charge in [-0.2, -0.15) is 0 Å². The number of hydrogen-bond acceptors (Lipinski definition) is 5. The molecule has 0 unspecified atom stereocenters. The highest BCUT2D eigenvalue weighted by molar-refractivity contribution is 14.0. The molecule has 2 aromatic rings. The number of halogens is 2. The van der Waals surface area contributed by atoms with E-state index in [9.17, 15) is 0 Å². The van der Waals surface area contributed by atoms with Crippen molar-refractivity contribution in [3.63, 3.8) is 0 Å². The predicted octanol–water partition coefficient (Wildman–Crippen LogP) is 3.57. The van der Waals surface area contributed by atoms with Gasteiger partial charge in [-0.05, 0) is 24.3 Å². The Hall–Kier alpha value is -1.26. The molecule has 26 heavy (non-hydrogen) atoms. The second-order valence-corrected chi connectivity index (χ2v) is 6.91. The SMILES string of the molecule is CN=C(NCc1csc(N(C)C)n1)N(C)CCOc1ccc(Cl)cc1.I. The van der Waals surface area contributed by atoms with E-state index in [0.29, 0.717) is 24.7 Å². The summed E-state index contributed by atoms with van der Waals surface area (Å²) in [6.07, 6.45) is 0. The lowest BCUT2D eigenvalue weighted by Crippen LogP contribution is -2.40. The lowest BCUT2D eigenvalue weighted by atomic mass is 10.3. The number of ether oxygens (including phenoxy) is 1. The zero-order valence-corrected chi connectivity index (χ0v) is 19.3. The Labute approximate surface area is 181 Å². The summed E-state index contributed by atoms with van der Waals surface area (Å²) in [4.78, 5) is 12.9. The van der Waals surface area contributed by atoms with Crippen LogP contribution in [-0.2, 0) is 6.54 Å². The van der Waals surface area contributed by atoms with Crippen LogP contribution in [0.4, 0.5) is 5.13 Å². The molecule has 0 spiro atoms. The maximum atomic E-state index is 5.87. The van der Waals surface area contributed by atoms with Gasteiger partial charge in [0.1, 0.15) is 12.4 Å². The quantitative estimate of drug-likeness (QED) is 0.351. The van der Waals surface area contributed by atoms with E-state index in [4.69, 9.17) is 16.3 Å². The van der Waals surface area contributed by atoms with E-state index in [1.807, 2.05) is 55.2 Å². The van der Waals surface area contributed by atoms with Crippen molar-refractivity contribution in [2.45, 2.75) is 6.54 Å². The van der Waals surface area contributed by atoms with E-state index >= 15 is 0 Å². The lowest BCUT2D eigenvalue weighted by Gasteiger charge is -2.21. The summed E-state index contributed by atoms with van der Waals surface area (Å²) in [5, 5.41) is 7.08. The van der Waals surface area contributed by atoms with Gasteiger partial charge in [0, 0.05) is 38.6 Å². The van der Waals surface area contributed by atoms with Crippen molar-refractivity contribution >= 4 is 58.0 Å². The van der Waals surface area contributed by atoms with Gasteiger partial charge in [0.25, 0.3) is 0 Å². The largest absolute Gasteiger partial charge is 0.492 e. The third-order valence-electron chi connectivity index (χ3n) is 3.43. The molecule has 0 fully saturated rings. The fraction of sp³-hybridized carbons (Fsp3) is 0.412. The molecule has 0 bridgehead atoms. The topological polar surface area (TPSA) is 53.0 Å². The molecule has 1 aromatic heterocycles. The molecule has 0 aliphatic carbocycles. The van der Waals surface area contributed by atoms with Gasteiger partial charge in [-0.1, -0.05) is 11.6 Å². The van der Waals surface area contributed by atoms with Gasteiger partial charge < -0.3 is 19.9 Å².